The van der Waals surface area contributed by atoms with Crippen LogP contribution in [0.5, 0.6) is 5.75 Å². The van der Waals surface area contributed by atoms with Gasteiger partial charge in [-0.25, -0.2) is 8.42 Å². The summed E-state index contributed by atoms with van der Waals surface area (Å²) in [6.45, 7) is 0. The molecule has 0 atom stereocenters. The maximum absolute atomic E-state index is 12.4. The lowest BCUT2D eigenvalue weighted by Crippen LogP contribution is -2.12. The molecule has 3 rings (SSSR count). The van der Waals surface area contributed by atoms with Gasteiger partial charge in [-0.3, -0.25) is 4.72 Å². The van der Waals surface area contributed by atoms with Crippen LogP contribution in [0, 0.1) is 11.3 Å². The van der Waals surface area contributed by atoms with Gasteiger partial charge in [0.25, 0.3) is 10.0 Å². The van der Waals surface area contributed by atoms with Crippen LogP contribution in [0.3, 0.4) is 0 Å². The quantitative estimate of drug-likeness (QED) is 0.755. The first-order valence-corrected chi connectivity index (χ1v) is 8.77. The summed E-state index contributed by atoms with van der Waals surface area (Å²) in [5, 5.41) is 8.78. The molecule has 0 bridgehead atoms. The summed E-state index contributed by atoms with van der Waals surface area (Å²) in [5.74, 6) is 1.35. The van der Waals surface area contributed by atoms with E-state index >= 15 is 0 Å². The summed E-state index contributed by atoms with van der Waals surface area (Å²) < 4.78 is 37.8. The van der Waals surface area contributed by atoms with E-state index in [9.17, 15) is 8.42 Å². The normalized spacial score (nSPS) is 10.9. The molecule has 0 saturated heterocycles. The van der Waals surface area contributed by atoms with Crippen LogP contribution in [0.2, 0.25) is 0 Å². The highest BCUT2D eigenvalue weighted by molar-refractivity contribution is 7.92. The Morgan fingerprint density at radius 3 is 2.24 bits per heavy atom. The van der Waals surface area contributed by atoms with Crippen molar-refractivity contribution in [3.63, 3.8) is 0 Å². The van der Waals surface area contributed by atoms with Gasteiger partial charge in [0.05, 0.1) is 12.0 Å². The molecule has 25 heavy (non-hydrogen) atoms. The average molecular weight is 354 g/mol. The largest absolute Gasteiger partial charge is 0.497 e. The molecule has 1 N–H and O–H groups in total. The summed E-state index contributed by atoms with van der Waals surface area (Å²) in [6.07, 6.45) is 0. The fourth-order valence-corrected chi connectivity index (χ4v) is 3.28. The van der Waals surface area contributed by atoms with Crippen LogP contribution >= 0.6 is 0 Å². The number of rotatable bonds is 5. The molecule has 1 heterocycles. The molecular weight excluding hydrogens is 340 g/mol. The number of furan rings is 1. The number of anilines is 1. The van der Waals surface area contributed by atoms with E-state index < -0.39 is 10.0 Å². The van der Waals surface area contributed by atoms with E-state index in [1.807, 2.05) is 6.07 Å². The number of hydrogen-bond donors (Lipinski definition) is 1. The Hall–Kier alpha value is -3.24. The molecule has 1 aromatic heterocycles. The van der Waals surface area contributed by atoms with E-state index in [4.69, 9.17) is 14.4 Å². The lowest BCUT2D eigenvalue weighted by molar-refractivity contribution is 0.415. The van der Waals surface area contributed by atoms with Crippen molar-refractivity contribution in [3.05, 3.63) is 66.4 Å². The van der Waals surface area contributed by atoms with E-state index in [0.717, 1.165) is 0 Å². The second-order valence-corrected chi connectivity index (χ2v) is 6.82. The number of hydrogen-bond acceptors (Lipinski definition) is 5. The van der Waals surface area contributed by atoms with Crippen molar-refractivity contribution < 1.29 is 17.6 Å². The van der Waals surface area contributed by atoms with E-state index in [0.29, 0.717) is 22.8 Å². The monoisotopic (exact) mass is 354 g/mol. The van der Waals surface area contributed by atoms with Crippen molar-refractivity contribution in [1.82, 2.24) is 0 Å². The molecule has 0 amide bonds. The first-order chi connectivity index (χ1) is 12.0. The lowest BCUT2D eigenvalue weighted by atomic mass is 10.2. The van der Waals surface area contributed by atoms with Crippen LogP contribution in [0.15, 0.2) is 70.0 Å². The summed E-state index contributed by atoms with van der Waals surface area (Å²) in [7, 11) is -2.16. The number of nitriles is 1. The number of nitrogens with zero attached hydrogens (tertiary/aromatic N) is 1. The first kappa shape index (κ1) is 16.6. The van der Waals surface area contributed by atoms with Crippen molar-refractivity contribution in [2.45, 2.75) is 4.90 Å². The molecule has 0 saturated carbocycles. The lowest BCUT2D eigenvalue weighted by Gasteiger charge is -2.09. The third kappa shape index (κ3) is 3.65. The van der Waals surface area contributed by atoms with Gasteiger partial charge in [-0.1, -0.05) is 0 Å². The third-order valence-corrected chi connectivity index (χ3v) is 4.90. The minimum Gasteiger partial charge on any atom is -0.497 e. The zero-order chi connectivity index (χ0) is 17.9. The minimum atomic E-state index is -3.71. The molecule has 0 fully saturated rings. The molecule has 0 unspecified atom stereocenters. The Morgan fingerprint density at radius 2 is 1.68 bits per heavy atom. The van der Waals surface area contributed by atoms with Crippen LogP contribution < -0.4 is 9.46 Å². The maximum atomic E-state index is 12.4. The highest BCUT2D eigenvalue weighted by Gasteiger charge is 2.15. The van der Waals surface area contributed by atoms with Gasteiger partial charge in [-0.15, -0.1) is 0 Å². The van der Waals surface area contributed by atoms with E-state index in [1.165, 1.54) is 12.1 Å². The smallest absolute Gasteiger partial charge is 0.261 e. The molecule has 0 aliphatic heterocycles. The topological polar surface area (TPSA) is 92.3 Å². The van der Waals surface area contributed by atoms with Crippen molar-refractivity contribution in [3.8, 4) is 23.1 Å². The van der Waals surface area contributed by atoms with Crippen molar-refractivity contribution in [2.75, 3.05) is 11.8 Å². The molecule has 7 heteroatoms. The fourth-order valence-electron chi connectivity index (χ4n) is 2.22. The first-order valence-electron chi connectivity index (χ1n) is 7.29. The maximum Gasteiger partial charge on any atom is 0.261 e. The molecule has 3 aromatic rings. The van der Waals surface area contributed by atoms with E-state index in [1.54, 1.807) is 55.6 Å². The van der Waals surface area contributed by atoms with E-state index in [-0.39, 0.29) is 10.7 Å². The number of methoxy groups -OCH3 is 1. The van der Waals surface area contributed by atoms with Gasteiger partial charge in [-0.05, 0) is 60.7 Å². The summed E-state index contributed by atoms with van der Waals surface area (Å²) in [6, 6.07) is 17.9. The predicted molar refractivity (Wildman–Crippen MR) is 92.7 cm³/mol. The molecule has 2 aromatic carbocycles. The average Bonchev–Trinajstić information content (AvgIpc) is 3.11. The van der Waals surface area contributed by atoms with Crippen molar-refractivity contribution in [1.29, 1.82) is 5.26 Å². The van der Waals surface area contributed by atoms with Gasteiger partial charge < -0.3 is 9.15 Å². The van der Waals surface area contributed by atoms with Crippen LogP contribution in [0.4, 0.5) is 5.69 Å². The number of benzene rings is 2. The van der Waals surface area contributed by atoms with Gasteiger partial charge in [-0.2, -0.15) is 5.26 Å². The number of nitrogens with one attached hydrogen (secondary N) is 1. The molecule has 6 nitrogen and oxygen atoms in total. The fraction of sp³-hybridized carbons (Fsp3) is 0.0556. The van der Waals surface area contributed by atoms with Gasteiger partial charge in [0.15, 0.2) is 0 Å². The van der Waals surface area contributed by atoms with E-state index in [2.05, 4.69) is 4.72 Å². The second-order valence-electron chi connectivity index (χ2n) is 5.13. The highest BCUT2D eigenvalue weighted by atomic mass is 32.2. The van der Waals surface area contributed by atoms with Gasteiger partial charge in [0.1, 0.15) is 17.6 Å². The third-order valence-electron chi connectivity index (χ3n) is 3.51. The Labute approximate surface area is 145 Å². The number of ether oxygens (including phenoxy) is 1. The van der Waals surface area contributed by atoms with Crippen molar-refractivity contribution in [2.24, 2.45) is 0 Å². The summed E-state index contributed by atoms with van der Waals surface area (Å²) in [4.78, 5) is 0.124. The minimum absolute atomic E-state index is 0.124. The molecule has 0 radical (unpaired) electrons. The highest BCUT2D eigenvalue weighted by Crippen LogP contribution is 2.25. The summed E-state index contributed by atoms with van der Waals surface area (Å²) >= 11 is 0. The zero-order valence-corrected chi connectivity index (χ0v) is 14.1. The van der Waals surface area contributed by atoms with Crippen LogP contribution in [-0.2, 0) is 10.0 Å². The van der Waals surface area contributed by atoms with Crippen LogP contribution in [0.1, 0.15) is 5.76 Å². The number of sulfonamides is 1. The zero-order valence-electron chi connectivity index (χ0n) is 13.3. The SMILES string of the molecule is COc1ccc(NS(=O)(=O)c2ccc(-c3ccc(C#N)o3)cc2)cc1. The molecular formula is C18H14N2O4S. The Morgan fingerprint density at radius 1 is 1.00 bits per heavy atom. The van der Waals surface area contributed by atoms with Gasteiger partial charge >= 0.3 is 0 Å². The predicted octanol–water partition coefficient (Wildman–Crippen LogP) is 3.63. The van der Waals surface area contributed by atoms with Crippen molar-refractivity contribution >= 4 is 15.7 Å². The van der Waals surface area contributed by atoms with Crippen LogP contribution in [-0.4, -0.2) is 15.5 Å². The summed E-state index contributed by atoms with van der Waals surface area (Å²) in [5.41, 5.74) is 1.12. The standard InChI is InChI=1S/C18H14N2O4S/c1-23-15-6-4-14(5-7-15)20-25(21,22)17-9-2-13(3-10-17)18-11-8-16(12-19)24-18/h2-11,20H,1H3. The Kier molecular flexibility index (Phi) is 4.46. The second kappa shape index (κ2) is 6.71. The Balaban J connectivity index is 1.81. The molecule has 0 aliphatic rings. The molecule has 126 valence electrons. The van der Waals surface area contributed by atoms with Gasteiger partial charge in [0, 0.05) is 11.3 Å². The van der Waals surface area contributed by atoms with Gasteiger partial charge in [0.2, 0.25) is 5.76 Å². The molecule has 0 aliphatic carbocycles. The Bertz CT molecular complexity index is 1010. The van der Waals surface area contributed by atoms with Crippen LogP contribution in [0.25, 0.3) is 11.3 Å². The molecule has 0 spiro atoms.